The Hall–Kier alpha value is -2.08. The molecule has 2 atom stereocenters. The van der Waals surface area contributed by atoms with Crippen LogP contribution < -0.4 is 10.6 Å². The van der Waals surface area contributed by atoms with Crippen LogP contribution in [0.4, 0.5) is 4.79 Å². The van der Waals surface area contributed by atoms with Gasteiger partial charge in [0.2, 0.25) is 5.91 Å². The van der Waals surface area contributed by atoms with E-state index in [0.29, 0.717) is 6.54 Å². The third kappa shape index (κ3) is 7.00. The summed E-state index contributed by atoms with van der Waals surface area (Å²) in [6.07, 6.45) is -0.600. The Kier molecular flexibility index (Phi) is 7.22. The lowest BCUT2D eigenvalue weighted by molar-refractivity contribution is -0.123. The van der Waals surface area contributed by atoms with E-state index in [2.05, 4.69) is 10.6 Å². The molecule has 0 aliphatic rings. The number of nitrogens with one attached hydrogen (secondary N) is 2. The molecule has 0 heterocycles. The number of hydrogen-bond donors (Lipinski definition) is 2. The molecule has 6 heteroatoms. The second-order valence-electron chi connectivity index (χ2n) is 7.00. The molecule has 0 aliphatic carbocycles. The van der Waals surface area contributed by atoms with Gasteiger partial charge in [-0.2, -0.15) is 0 Å². The molecule has 6 nitrogen and oxygen atoms in total. The highest BCUT2D eigenvalue weighted by Gasteiger charge is 2.22. The summed E-state index contributed by atoms with van der Waals surface area (Å²) in [5.41, 5.74) is 0.527. The number of carbonyl (C=O) groups excluding carboxylic acids is 2. The van der Waals surface area contributed by atoms with E-state index in [4.69, 9.17) is 4.74 Å². The fourth-order valence-electron chi connectivity index (χ4n) is 2.17. The Labute approximate surface area is 144 Å². The van der Waals surface area contributed by atoms with Crippen molar-refractivity contribution in [1.29, 1.82) is 0 Å². The molecule has 1 aromatic carbocycles. The summed E-state index contributed by atoms with van der Waals surface area (Å²) in [5.74, 6) is -0.247. The zero-order chi connectivity index (χ0) is 18.3. The van der Waals surface area contributed by atoms with E-state index in [-0.39, 0.29) is 11.9 Å². The van der Waals surface area contributed by atoms with Crippen LogP contribution >= 0.6 is 0 Å². The molecule has 134 valence electrons. The summed E-state index contributed by atoms with van der Waals surface area (Å²) in [6, 6.07) is 9.35. The van der Waals surface area contributed by atoms with E-state index in [0.717, 1.165) is 5.56 Å². The molecule has 0 aromatic heterocycles. The maximum atomic E-state index is 12.2. The van der Waals surface area contributed by atoms with Crippen LogP contribution in [-0.4, -0.2) is 49.2 Å². The highest BCUT2D eigenvalue weighted by atomic mass is 16.6. The van der Waals surface area contributed by atoms with Crippen LogP contribution in [0.15, 0.2) is 30.3 Å². The van der Waals surface area contributed by atoms with Gasteiger partial charge < -0.3 is 20.3 Å². The van der Waals surface area contributed by atoms with Crippen molar-refractivity contribution in [3.63, 3.8) is 0 Å². The first-order valence-corrected chi connectivity index (χ1v) is 8.08. The van der Waals surface area contributed by atoms with Crippen LogP contribution in [0.3, 0.4) is 0 Å². The van der Waals surface area contributed by atoms with Gasteiger partial charge in [0.05, 0.1) is 6.04 Å². The van der Waals surface area contributed by atoms with E-state index in [1.807, 2.05) is 49.3 Å². The molecule has 0 fully saturated rings. The Morgan fingerprint density at radius 2 is 1.75 bits per heavy atom. The van der Waals surface area contributed by atoms with Gasteiger partial charge in [0.15, 0.2) is 0 Å². The van der Waals surface area contributed by atoms with Crippen molar-refractivity contribution in [1.82, 2.24) is 15.5 Å². The van der Waals surface area contributed by atoms with Crippen molar-refractivity contribution in [2.75, 3.05) is 20.6 Å². The number of likely N-dealkylation sites (N-methyl/N-ethyl adjacent to an activating group) is 1. The number of alkyl carbamates (subject to hydrolysis) is 1. The fourth-order valence-corrected chi connectivity index (χ4v) is 2.17. The Morgan fingerprint density at radius 3 is 2.25 bits per heavy atom. The number of hydrogen-bond acceptors (Lipinski definition) is 4. The smallest absolute Gasteiger partial charge is 0.408 e. The topological polar surface area (TPSA) is 70.7 Å². The summed E-state index contributed by atoms with van der Waals surface area (Å²) in [5, 5.41) is 5.42. The minimum atomic E-state index is -0.668. The van der Waals surface area contributed by atoms with E-state index >= 15 is 0 Å². The number of benzene rings is 1. The summed E-state index contributed by atoms with van der Waals surface area (Å²) in [4.78, 5) is 26.0. The first-order chi connectivity index (χ1) is 11.1. The van der Waals surface area contributed by atoms with Gasteiger partial charge in [0, 0.05) is 6.54 Å². The maximum Gasteiger partial charge on any atom is 0.408 e. The lowest BCUT2D eigenvalue weighted by Gasteiger charge is -2.26. The Bertz CT molecular complexity index is 538. The van der Waals surface area contributed by atoms with Gasteiger partial charge in [-0.3, -0.25) is 4.79 Å². The third-order valence-electron chi connectivity index (χ3n) is 3.40. The molecule has 0 saturated heterocycles. The predicted molar refractivity (Wildman–Crippen MR) is 94.7 cm³/mol. The predicted octanol–water partition coefficient (Wildman–Crippen LogP) is 2.32. The minimum absolute atomic E-state index is 0.0591. The summed E-state index contributed by atoms with van der Waals surface area (Å²) >= 11 is 0. The molecule has 24 heavy (non-hydrogen) atoms. The summed E-state index contributed by atoms with van der Waals surface area (Å²) in [7, 11) is 3.93. The average molecular weight is 335 g/mol. The minimum Gasteiger partial charge on any atom is -0.444 e. The zero-order valence-corrected chi connectivity index (χ0v) is 15.4. The zero-order valence-electron chi connectivity index (χ0n) is 15.4. The van der Waals surface area contributed by atoms with Gasteiger partial charge in [-0.25, -0.2) is 4.79 Å². The second-order valence-corrected chi connectivity index (χ2v) is 7.00. The molecular weight excluding hydrogens is 306 g/mol. The fraction of sp³-hybridized carbons (Fsp3) is 0.556. The van der Waals surface area contributed by atoms with Crippen LogP contribution in [0.1, 0.15) is 39.3 Å². The molecule has 0 saturated carbocycles. The molecular formula is C18H29N3O3. The number of amides is 2. The first kappa shape index (κ1) is 20.0. The molecule has 1 rings (SSSR count). The lowest BCUT2D eigenvalue weighted by atomic mass is 10.1. The van der Waals surface area contributed by atoms with Crippen molar-refractivity contribution in [2.24, 2.45) is 0 Å². The Balaban J connectivity index is 2.55. The second kappa shape index (κ2) is 8.68. The molecule has 2 N–H and O–H groups in total. The van der Waals surface area contributed by atoms with Crippen molar-refractivity contribution in [3.8, 4) is 0 Å². The molecule has 1 aromatic rings. The maximum absolute atomic E-state index is 12.2. The molecule has 0 radical (unpaired) electrons. The van der Waals surface area contributed by atoms with Gasteiger partial charge in [-0.1, -0.05) is 30.3 Å². The van der Waals surface area contributed by atoms with E-state index in [1.165, 1.54) is 0 Å². The van der Waals surface area contributed by atoms with Crippen LogP contribution in [0, 0.1) is 0 Å². The summed E-state index contributed by atoms with van der Waals surface area (Å²) in [6.45, 7) is 7.42. The molecule has 0 bridgehead atoms. The SMILES string of the molecule is C[C@@H](NC(=O)OC(C)(C)C)C(=O)NCC(c1ccccc1)N(C)C. The highest BCUT2D eigenvalue weighted by Crippen LogP contribution is 2.16. The van der Waals surface area contributed by atoms with E-state index in [9.17, 15) is 9.59 Å². The molecule has 2 amide bonds. The van der Waals surface area contributed by atoms with Gasteiger partial charge >= 0.3 is 6.09 Å². The number of ether oxygens (including phenoxy) is 1. The van der Waals surface area contributed by atoms with Crippen molar-refractivity contribution < 1.29 is 14.3 Å². The van der Waals surface area contributed by atoms with Crippen molar-refractivity contribution >= 4 is 12.0 Å². The number of nitrogens with zero attached hydrogens (tertiary/aromatic N) is 1. The number of rotatable bonds is 6. The van der Waals surface area contributed by atoms with Crippen molar-refractivity contribution in [3.05, 3.63) is 35.9 Å². The summed E-state index contributed by atoms with van der Waals surface area (Å²) < 4.78 is 5.15. The van der Waals surface area contributed by atoms with Gasteiger partial charge in [0.25, 0.3) is 0 Å². The lowest BCUT2D eigenvalue weighted by Crippen LogP contribution is -2.48. The van der Waals surface area contributed by atoms with E-state index in [1.54, 1.807) is 27.7 Å². The first-order valence-electron chi connectivity index (χ1n) is 8.08. The van der Waals surface area contributed by atoms with Gasteiger partial charge in [0.1, 0.15) is 11.6 Å². The van der Waals surface area contributed by atoms with Gasteiger partial charge in [-0.15, -0.1) is 0 Å². The largest absolute Gasteiger partial charge is 0.444 e. The van der Waals surface area contributed by atoms with E-state index < -0.39 is 17.7 Å². The molecule has 0 spiro atoms. The quantitative estimate of drug-likeness (QED) is 0.837. The van der Waals surface area contributed by atoms with Crippen LogP contribution in [0.2, 0.25) is 0 Å². The molecule has 0 aliphatic heterocycles. The van der Waals surface area contributed by atoms with Crippen LogP contribution in [-0.2, 0) is 9.53 Å². The van der Waals surface area contributed by atoms with Crippen molar-refractivity contribution in [2.45, 2.75) is 45.4 Å². The van der Waals surface area contributed by atoms with Crippen LogP contribution in [0.25, 0.3) is 0 Å². The highest BCUT2D eigenvalue weighted by molar-refractivity contribution is 5.85. The molecule has 1 unspecified atom stereocenters. The normalized spacial score (nSPS) is 14.0. The number of carbonyl (C=O) groups is 2. The average Bonchev–Trinajstić information content (AvgIpc) is 2.45. The van der Waals surface area contributed by atoms with Crippen LogP contribution in [0.5, 0.6) is 0 Å². The Morgan fingerprint density at radius 1 is 1.17 bits per heavy atom. The standard InChI is InChI=1S/C18H29N3O3/c1-13(20-17(23)24-18(2,3)4)16(22)19-12-15(21(5)6)14-10-8-7-9-11-14/h7-11,13,15H,12H2,1-6H3,(H,19,22)(H,20,23)/t13-,15?/m1/s1. The monoisotopic (exact) mass is 335 g/mol. The third-order valence-corrected chi connectivity index (χ3v) is 3.40. The van der Waals surface area contributed by atoms with Gasteiger partial charge in [-0.05, 0) is 47.4 Å².